The average Bonchev–Trinajstić information content (AvgIpc) is 3.06. The lowest BCUT2D eigenvalue weighted by Gasteiger charge is -2.34. The molecule has 30 heavy (non-hydrogen) atoms. The highest BCUT2D eigenvalue weighted by atomic mass is 35.5. The van der Waals surface area contributed by atoms with Crippen LogP contribution in [0.5, 0.6) is 0 Å². The van der Waals surface area contributed by atoms with Crippen LogP contribution < -0.4 is 0 Å². The summed E-state index contributed by atoms with van der Waals surface area (Å²) in [5.74, 6) is 0.384. The van der Waals surface area contributed by atoms with Crippen LogP contribution >= 0.6 is 23.2 Å². The molecule has 10 heteroatoms. The molecule has 2 aromatic rings. The van der Waals surface area contributed by atoms with Crippen LogP contribution in [0.4, 0.5) is 0 Å². The van der Waals surface area contributed by atoms with Crippen LogP contribution in [0.15, 0.2) is 29.4 Å². The second-order valence-electron chi connectivity index (χ2n) is 7.71. The molecule has 0 radical (unpaired) electrons. The number of carbonyl (C=O) groups excluding carboxylic acids is 1. The van der Waals surface area contributed by atoms with E-state index in [4.69, 9.17) is 23.2 Å². The van der Waals surface area contributed by atoms with Crippen molar-refractivity contribution in [3.8, 4) is 0 Å². The zero-order valence-electron chi connectivity index (χ0n) is 17.5. The maximum Gasteiger partial charge on any atom is 0.262 e. The molecule has 1 fully saturated rings. The molecule has 1 unspecified atom stereocenters. The summed E-state index contributed by atoms with van der Waals surface area (Å²) < 4.78 is 28.8. The van der Waals surface area contributed by atoms with Crippen LogP contribution in [0.3, 0.4) is 0 Å². The second-order valence-corrected chi connectivity index (χ2v) is 10.4. The molecule has 2 heterocycles. The minimum atomic E-state index is -3.66. The smallest absolute Gasteiger partial charge is 0.262 e. The Bertz CT molecular complexity index is 1030. The maximum absolute atomic E-state index is 13.0. The Kier molecular flexibility index (Phi) is 6.81. The number of nitrogens with zero attached hydrogens (tertiary/aromatic N) is 4. The number of imidazole rings is 1. The first-order valence-electron chi connectivity index (χ1n) is 9.74. The van der Waals surface area contributed by atoms with Crippen molar-refractivity contribution in [1.82, 2.24) is 18.8 Å². The third-order valence-electron chi connectivity index (χ3n) is 5.84. The summed E-state index contributed by atoms with van der Waals surface area (Å²) in [5, 5.41) is 1.11. The number of benzene rings is 1. The van der Waals surface area contributed by atoms with E-state index in [-0.39, 0.29) is 36.0 Å². The minimum Gasteiger partial charge on any atom is -0.339 e. The predicted octanol–water partition coefficient (Wildman–Crippen LogP) is 3.66. The zero-order chi connectivity index (χ0) is 22.2. The highest BCUT2D eigenvalue weighted by Gasteiger charge is 2.35. The lowest BCUT2D eigenvalue weighted by atomic mass is 9.95. The molecule has 0 saturated carbocycles. The highest BCUT2D eigenvalue weighted by molar-refractivity contribution is 7.89. The summed E-state index contributed by atoms with van der Waals surface area (Å²) in [6.45, 7) is 4.25. The molecule has 1 amide bonds. The number of aromatic nitrogens is 2. The van der Waals surface area contributed by atoms with Gasteiger partial charge in [0.05, 0.1) is 6.04 Å². The molecule has 1 atom stereocenters. The standard InChI is InChI=1S/C20H26Cl2N4O3S/c1-13(17-6-5-16(21)11-18(17)22)25(4)20(27)15-7-9-26(10-8-15)30(28,29)19-12-24(3)14(2)23-19/h5-6,11-13,15H,7-10H2,1-4H3. The molecule has 0 aliphatic carbocycles. The first-order valence-corrected chi connectivity index (χ1v) is 11.9. The number of halogens is 2. The summed E-state index contributed by atoms with van der Waals surface area (Å²) in [6.07, 6.45) is 2.46. The van der Waals surface area contributed by atoms with Crippen LogP contribution in [0.2, 0.25) is 10.0 Å². The van der Waals surface area contributed by atoms with Gasteiger partial charge in [0.15, 0.2) is 5.03 Å². The fourth-order valence-electron chi connectivity index (χ4n) is 3.65. The molecule has 1 aromatic heterocycles. The van der Waals surface area contributed by atoms with Gasteiger partial charge in [-0.1, -0.05) is 29.3 Å². The van der Waals surface area contributed by atoms with Crippen molar-refractivity contribution in [2.45, 2.75) is 37.8 Å². The number of piperidine rings is 1. The van der Waals surface area contributed by atoms with Gasteiger partial charge in [0.2, 0.25) is 5.91 Å². The van der Waals surface area contributed by atoms with Gasteiger partial charge in [-0.05, 0) is 44.4 Å². The van der Waals surface area contributed by atoms with Gasteiger partial charge in [-0.15, -0.1) is 0 Å². The molecular weight excluding hydrogens is 447 g/mol. The quantitative estimate of drug-likeness (QED) is 0.665. The molecule has 1 aromatic carbocycles. The van der Waals surface area contributed by atoms with Gasteiger partial charge in [0.25, 0.3) is 10.0 Å². The fraction of sp³-hybridized carbons (Fsp3) is 0.500. The minimum absolute atomic E-state index is 0.0146. The Labute approximate surface area is 187 Å². The molecule has 3 rings (SSSR count). The summed E-state index contributed by atoms with van der Waals surface area (Å²) >= 11 is 12.3. The van der Waals surface area contributed by atoms with Crippen LogP contribution in [-0.4, -0.2) is 53.2 Å². The van der Waals surface area contributed by atoms with Crippen molar-refractivity contribution in [1.29, 1.82) is 0 Å². The molecule has 0 bridgehead atoms. The molecule has 1 saturated heterocycles. The van der Waals surface area contributed by atoms with Gasteiger partial charge in [0, 0.05) is 49.3 Å². The van der Waals surface area contributed by atoms with Gasteiger partial charge in [-0.2, -0.15) is 4.31 Å². The average molecular weight is 473 g/mol. The number of carbonyl (C=O) groups is 1. The molecule has 164 valence electrons. The zero-order valence-corrected chi connectivity index (χ0v) is 19.8. The van der Waals surface area contributed by atoms with Gasteiger partial charge < -0.3 is 9.47 Å². The summed E-state index contributed by atoms with van der Waals surface area (Å²) in [4.78, 5) is 18.9. The van der Waals surface area contributed by atoms with Crippen LogP contribution in [0.25, 0.3) is 0 Å². The van der Waals surface area contributed by atoms with Crippen molar-refractivity contribution in [2.24, 2.45) is 13.0 Å². The Morgan fingerprint density at radius 1 is 1.27 bits per heavy atom. The van der Waals surface area contributed by atoms with Gasteiger partial charge in [-0.3, -0.25) is 4.79 Å². The van der Waals surface area contributed by atoms with Crippen LogP contribution in [-0.2, 0) is 21.9 Å². The van der Waals surface area contributed by atoms with Gasteiger partial charge >= 0.3 is 0 Å². The Morgan fingerprint density at radius 3 is 2.43 bits per heavy atom. The topological polar surface area (TPSA) is 75.5 Å². The first kappa shape index (κ1) is 23.1. The van der Waals surface area contributed by atoms with E-state index in [9.17, 15) is 13.2 Å². The van der Waals surface area contributed by atoms with Gasteiger partial charge in [-0.25, -0.2) is 13.4 Å². The van der Waals surface area contributed by atoms with E-state index in [2.05, 4.69) is 4.98 Å². The number of aryl methyl sites for hydroxylation is 2. The van der Waals surface area contributed by atoms with E-state index in [0.29, 0.717) is 28.7 Å². The predicted molar refractivity (Wildman–Crippen MR) is 117 cm³/mol. The van der Waals surface area contributed by atoms with Gasteiger partial charge in [0.1, 0.15) is 5.82 Å². The number of hydrogen-bond donors (Lipinski definition) is 0. The van der Waals surface area contributed by atoms with Crippen molar-refractivity contribution in [3.63, 3.8) is 0 Å². The number of rotatable bonds is 5. The first-order chi connectivity index (χ1) is 14.0. The van der Waals surface area contributed by atoms with E-state index in [1.54, 1.807) is 42.6 Å². The number of sulfonamides is 1. The monoisotopic (exact) mass is 472 g/mol. The van der Waals surface area contributed by atoms with E-state index in [0.717, 1.165) is 5.56 Å². The van der Waals surface area contributed by atoms with E-state index in [1.807, 2.05) is 13.0 Å². The molecule has 1 aliphatic heterocycles. The number of hydrogen-bond acceptors (Lipinski definition) is 4. The normalized spacial score (nSPS) is 17.1. The molecule has 7 nitrogen and oxygen atoms in total. The Hall–Kier alpha value is -1.61. The van der Waals surface area contributed by atoms with Crippen molar-refractivity contribution < 1.29 is 13.2 Å². The lowest BCUT2D eigenvalue weighted by Crippen LogP contribution is -2.44. The van der Waals surface area contributed by atoms with E-state index in [1.165, 1.54) is 10.5 Å². The fourth-order valence-corrected chi connectivity index (χ4v) is 5.72. The number of amides is 1. The van der Waals surface area contributed by atoms with Crippen LogP contribution in [0, 0.1) is 12.8 Å². The largest absolute Gasteiger partial charge is 0.339 e. The van der Waals surface area contributed by atoms with Crippen molar-refractivity contribution in [3.05, 3.63) is 45.8 Å². The summed E-state index contributed by atoms with van der Waals surface area (Å²) in [7, 11) is -0.148. The molecule has 0 N–H and O–H groups in total. The van der Waals surface area contributed by atoms with E-state index >= 15 is 0 Å². The van der Waals surface area contributed by atoms with Crippen LogP contribution in [0.1, 0.15) is 37.2 Å². The molecule has 0 spiro atoms. The van der Waals surface area contributed by atoms with Crippen molar-refractivity contribution >= 4 is 39.1 Å². The Morgan fingerprint density at radius 2 is 1.90 bits per heavy atom. The Balaban J connectivity index is 1.66. The van der Waals surface area contributed by atoms with Crippen molar-refractivity contribution in [2.75, 3.05) is 20.1 Å². The maximum atomic E-state index is 13.0. The third-order valence-corrected chi connectivity index (χ3v) is 8.17. The van der Waals surface area contributed by atoms with E-state index < -0.39 is 10.0 Å². The second kappa shape index (κ2) is 8.86. The molecule has 1 aliphatic rings. The highest BCUT2D eigenvalue weighted by Crippen LogP contribution is 2.31. The SMILES string of the molecule is Cc1nc(S(=O)(=O)N2CCC(C(=O)N(C)C(C)c3ccc(Cl)cc3Cl)CC2)cn1C. The molecular formula is C20H26Cl2N4O3S. The third kappa shape index (κ3) is 4.51. The summed E-state index contributed by atoms with van der Waals surface area (Å²) in [6, 6.07) is 5.01. The lowest BCUT2D eigenvalue weighted by molar-refractivity contribution is -0.137. The summed E-state index contributed by atoms with van der Waals surface area (Å²) in [5.41, 5.74) is 0.822.